The molecule has 0 aromatic heterocycles. The molecule has 4 N–H and O–H groups in total. The number of unbranched alkanes of at least 4 members (excludes halogenated alkanes) is 37. The quantitative estimate of drug-likeness (QED) is 0.0207. The summed E-state index contributed by atoms with van der Waals surface area (Å²) in [7, 11) is 1.43. The second-order valence-corrected chi connectivity index (χ2v) is 24.7. The van der Waals surface area contributed by atoms with Crippen LogP contribution in [0.3, 0.4) is 0 Å². The zero-order chi connectivity index (χ0) is 55.0. The first-order chi connectivity index (χ1) is 36.4. The van der Waals surface area contributed by atoms with E-state index < -0.39 is 32.7 Å². The van der Waals surface area contributed by atoms with Crippen LogP contribution in [0.15, 0.2) is 48.6 Å². The Labute approximate surface area is 465 Å². The van der Waals surface area contributed by atoms with Gasteiger partial charge in [-0.3, -0.25) is 13.8 Å². The number of hydrogen-bond acceptors (Lipinski definition) is 6. The Bertz CT molecular complexity index is 1380. The summed E-state index contributed by atoms with van der Waals surface area (Å²) in [5.74, 6) is -0.264. The third-order valence-electron chi connectivity index (χ3n) is 14.6. The minimum absolute atomic E-state index is 0.0175. The molecule has 1 amide bonds. The fourth-order valence-corrected chi connectivity index (χ4v) is 10.3. The van der Waals surface area contributed by atoms with E-state index in [1.54, 1.807) is 0 Å². The summed E-state index contributed by atoms with van der Waals surface area (Å²) in [4.78, 5) is 23.3. The van der Waals surface area contributed by atoms with Crippen molar-refractivity contribution in [1.82, 2.24) is 5.32 Å². The maximum Gasteiger partial charge on any atom is 0.472 e. The van der Waals surface area contributed by atoms with Crippen molar-refractivity contribution >= 4 is 13.7 Å². The molecule has 0 aliphatic rings. The Morgan fingerprint density at radius 1 is 0.467 bits per heavy atom. The zero-order valence-corrected chi connectivity index (χ0v) is 51.1. The molecule has 0 heterocycles. The molecule has 0 aliphatic carbocycles. The number of rotatable bonds is 59. The second-order valence-electron chi connectivity index (χ2n) is 23.3. The molecule has 442 valence electrons. The lowest BCUT2D eigenvalue weighted by molar-refractivity contribution is -0.870. The number of aliphatic hydroxyl groups excluding tert-OH is 2. The van der Waals surface area contributed by atoms with Gasteiger partial charge in [0.05, 0.1) is 39.9 Å². The Morgan fingerprint density at radius 3 is 1.16 bits per heavy atom. The number of carbonyl (C=O) groups excluding carboxylic acids is 1. The highest BCUT2D eigenvalue weighted by Crippen LogP contribution is 2.43. The van der Waals surface area contributed by atoms with Gasteiger partial charge in [-0.15, -0.1) is 0 Å². The SMILES string of the molecule is CCCCCCC/C=C\C/C=C\C/C=C\CCCCCCCCCCCCCCCCCCCCCCCCCCC(=O)NC(COP(=O)(O)OCC[N+](C)(C)C)C(O)C(O)CCC/C=C/CCCCCCCCC. The molecule has 0 bridgehead atoms. The first kappa shape index (κ1) is 73.4. The number of allylic oxidation sites excluding steroid dienone is 8. The van der Waals surface area contributed by atoms with Crippen LogP contribution in [0, 0.1) is 0 Å². The van der Waals surface area contributed by atoms with Gasteiger partial charge in [-0.2, -0.15) is 0 Å². The van der Waals surface area contributed by atoms with Gasteiger partial charge < -0.3 is 24.9 Å². The van der Waals surface area contributed by atoms with Gasteiger partial charge in [0, 0.05) is 6.42 Å². The third-order valence-corrected chi connectivity index (χ3v) is 15.6. The topological polar surface area (TPSA) is 125 Å². The Hall–Kier alpha value is -1.58. The van der Waals surface area contributed by atoms with E-state index in [1.807, 2.05) is 21.1 Å². The van der Waals surface area contributed by atoms with E-state index in [4.69, 9.17) is 9.05 Å². The van der Waals surface area contributed by atoms with Crippen molar-refractivity contribution in [1.29, 1.82) is 0 Å². The van der Waals surface area contributed by atoms with Crippen LogP contribution < -0.4 is 5.32 Å². The molecule has 75 heavy (non-hydrogen) atoms. The Morgan fingerprint density at radius 2 is 0.787 bits per heavy atom. The van der Waals surface area contributed by atoms with Gasteiger partial charge in [0.2, 0.25) is 5.91 Å². The average molecular weight is 1080 g/mol. The summed E-state index contributed by atoms with van der Waals surface area (Å²) in [6.45, 7) is 4.59. The summed E-state index contributed by atoms with van der Waals surface area (Å²) >= 11 is 0. The van der Waals surface area contributed by atoms with Crippen molar-refractivity contribution in [2.24, 2.45) is 0 Å². The van der Waals surface area contributed by atoms with E-state index in [-0.39, 0.29) is 18.9 Å². The van der Waals surface area contributed by atoms with Gasteiger partial charge in [-0.25, -0.2) is 4.57 Å². The molecule has 0 spiro atoms. The van der Waals surface area contributed by atoms with Gasteiger partial charge in [-0.05, 0) is 77.0 Å². The number of phosphoric acid groups is 1. The lowest BCUT2D eigenvalue weighted by Gasteiger charge is -2.28. The predicted molar refractivity (Wildman–Crippen MR) is 324 cm³/mol. The van der Waals surface area contributed by atoms with E-state index in [0.717, 1.165) is 44.9 Å². The van der Waals surface area contributed by atoms with Crippen molar-refractivity contribution in [2.75, 3.05) is 40.9 Å². The van der Waals surface area contributed by atoms with Crippen molar-refractivity contribution in [3.05, 3.63) is 48.6 Å². The molecule has 0 aromatic carbocycles. The van der Waals surface area contributed by atoms with Gasteiger partial charge in [0.15, 0.2) is 0 Å². The molecule has 0 aliphatic heterocycles. The van der Waals surface area contributed by atoms with Gasteiger partial charge in [0.25, 0.3) is 0 Å². The number of hydrogen-bond donors (Lipinski definition) is 4. The molecule has 4 unspecified atom stereocenters. The summed E-state index contributed by atoms with van der Waals surface area (Å²) in [6.07, 6.45) is 71.0. The normalized spacial score (nSPS) is 14.5. The molecular formula is C65H126N2O7P+. The number of amides is 1. The van der Waals surface area contributed by atoms with E-state index in [9.17, 15) is 24.5 Å². The molecule has 0 rings (SSSR count). The Balaban J connectivity index is 3.94. The summed E-state index contributed by atoms with van der Waals surface area (Å²) in [5, 5.41) is 24.8. The van der Waals surface area contributed by atoms with Crippen LogP contribution in [-0.4, -0.2) is 84.6 Å². The number of phosphoric ester groups is 1. The van der Waals surface area contributed by atoms with Crippen LogP contribution in [0.2, 0.25) is 0 Å². The van der Waals surface area contributed by atoms with Crippen molar-refractivity contribution in [3.8, 4) is 0 Å². The van der Waals surface area contributed by atoms with Crippen LogP contribution in [0.4, 0.5) is 0 Å². The smallest absolute Gasteiger partial charge is 0.390 e. The molecule has 0 radical (unpaired) electrons. The molecule has 9 nitrogen and oxygen atoms in total. The van der Waals surface area contributed by atoms with E-state index >= 15 is 0 Å². The minimum Gasteiger partial charge on any atom is -0.390 e. The van der Waals surface area contributed by atoms with Gasteiger partial charge in [0.1, 0.15) is 19.3 Å². The third kappa shape index (κ3) is 56.9. The van der Waals surface area contributed by atoms with Crippen molar-refractivity contribution < 1.29 is 38.0 Å². The zero-order valence-electron chi connectivity index (χ0n) is 50.2. The number of carbonyl (C=O) groups is 1. The maximum atomic E-state index is 13.0. The van der Waals surface area contributed by atoms with E-state index in [2.05, 4.69) is 67.8 Å². The molecule has 4 atom stereocenters. The molecular weight excluding hydrogens is 952 g/mol. The lowest BCUT2D eigenvalue weighted by atomic mass is 10.0. The fourth-order valence-electron chi connectivity index (χ4n) is 9.57. The van der Waals surface area contributed by atoms with Crippen LogP contribution in [0.25, 0.3) is 0 Å². The van der Waals surface area contributed by atoms with E-state index in [0.29, 0.717) is 23.9 Å². The summed E-state index contributed by atoms with van der Waals surface area (Å²) in [5.41, 5.74) is 0. The highest BCUT2D eigenvalue weighted by atomic mass is 31.2. The van der Waals surface area contributed by atoms with Crippen LogP contribution in [0.5, 0.6) is 0 Å². The number of aliphatic hydroxyl groups is 2. The van der Waals surface area contributed by atoms with Crippen molar-refractivity contribution in [3.63, 3.8) is 0 Å². The van der Waals surface area contributed by atoms with E-state index in [1.165, 1.54) is 225 Å². The molecule has 0 aromatic rings. The number of nitrogens with zero attached hydrogens (tertiary/aromatic N) is 1. The van der Waals surface area contributed by atoms with Crippen molar-refractivity contribution in [2.45, 2.75) is 321 Å². The summed E-state index contributed by atoms with van der Waals surface area (Å²) in [6, 6.07) is -1.05. The van der Waals surface area contributed by atoms with Crippen LogP contribution >= 0.6 is 7.82 Å². The second kappa shape index (κ2) is 55.7. The van der Waals surface area contributed by atoms with Crippen LogP contribution in [0.1, 0.15) is 303 Å². The van der Waals surface area contributed by atoms with Crippen LogP contribution in [-0.2, 0) is 18.4 Å². The first-order valence-electron chi connectivity index (χ1n) is 32.1. The lowest BCUT2D eigenvalue weighted by Crippen LogP contribution is -2.51. The maximum absolute atomic E-state index is 13.0. The monoisotopic (exact) mass is 1080 g/mol. The highest BCUT2D eigenvalue weighted by Gasteiger charge is 2.32. The highest BCUT2D eigenvalue weighted by molar-refractivity contribution is 7.47. The molecule has 0 saturated carbocycles. The molecule has 0 saturated heterocycles. The number of likely N-dealkylation sites (N-methyl/N-ethyl adjacent to an activating group) is 1. The summed E-state index contributed by atoms with van der Waals surface area (Å²) < 4.78 is 23.6. The van der Waals surface area contributed by atoms with Gasteiger partial charge in [-0.1, -0.05) is 268 Å². The standard InChI is InChI=1S/C65H125N2O7P/c1-6-8-10-12-14-16-18-20-21-22-23-24-25-26-27-28-29-30-31-32-33-34-35-36-37-38-39-40-41-42-43-44-45-46-48-50-52-54-56-58-64(69)66-62(61-74-75(71,72)73-60-59-67(3,4)5)65(70)63(68)57-55-53-51-49-47-19-17-15-13-11-9-7-2/h18,20,22-23,25-26,49,51,62-63,65,68,70H,6-17,19,21,24,27-48,50,52-61H2,1-5H3,(H-,66,69,71,72)/p+1/b20-18-,23-22-,26-25-,51-49+. The number of nitrogens with one attached hydrogen (secondary N) is 1. The number of quaternary nitrogens is 1. The molecule has 10 heteroatoms. The first-order valence-corrected chi connectivity index (χ1v) is 33.6. The minimum atomic E-state index is -4.43. The predicted octanol–water partition coefficient (Wildman–Crippen LogP) is 18.9. The van der Waals surface area contributed by atoms with Gasteiger partial charge >= 0.3 is 7.82 Å². The average Bonchev–Trinajstić information content (AvgIpc) is 3.37. The fraction of sp³-hybridized carbons (Fsp3) is 0.862. The Kier molecular flexibility index (Phi) is 54.5. The molecule has 0 fully saturated rings. The largest absolute Gasteiger partial charge is 0.472 e.